The van der Waals surface area contributed by atoms with E-state index in [-0.39, 0.29) is 0 Å². The molecule has 0 amide bonds. The second-order valence-electron chi connectivity index (χ2n) is 2.37. The summed E-state index contributed by atoms with van der Waals surface area (Å²) >= 11 is 4.61. The Morgan fingerprint density at radius 3 is 2.42 bits per heavy atom. The molecule has 0 atom stereocenters. The van der Waals surface area contributed by atoms with Gasteiger partial charge in [-0.2, -0.15) is 0 Å². The van der Waals surface area contributed by atoms with Gasteiger partial charge < -0.3 is 4.74 Å². The van der Waals surface area contributed by atoms with E-state index in [4.69, 9.17) is 4.74 Å². The molecule has 0 N–H and O–H groups in total. The standard InChI is InChI=1S/C9H10I2O/c10-5-6-12-7-8-1-3-9(11)4-2-8/h1-4H,5-7H2. The van der Waals surface area contributed by atoms with Crippen LogP contribution in [0.25, 0.3) is 0 Å². The SMILES string of the molecule is ICCOCc1ccc(I)cc1. The first-order valence-electron chi connectivity index (χ1n) is 3.71. The van der Waals surface area contributed by atoms with Gasteiger partial charge in [0.05, 0.1) is 13.2 Å². The highest BCUT2D eigenvalue weighted by atomic mass is 127. The van der Waals surface area contributed by atoms with Crippen molar-refractivity contribution < 1.29 is 4.74 Å². The Morgan fingerprint density at radius 2 is 1.83 bits per heavy atom. The summed E-state index contributed by atoms with van der Waals surface area (Å²) in [6.07, 6.45) is 0. The van der Waals surface area contributed by atoms with Crippen molar-refractivity contribution in [2.45, 2.75) is 6.61 Å². The maximum absolute atomic E-state index is 5.40. The third kappa shape index (κ3) is 4.04. The fourth-order valence-electron chi connectivity index (χ4n) is 0.825. The molecule has 0 unspecified atom stereocenters. The molecule has 0 bridgehead atoms. The maximum atomic E-state index is 5.40. The second-order valence-corrected chi connectivity index (χ2v) is 4.69. The highest BCUT2D eigenvalue weighted by Gasteiger charge is 1.91. The molecule has 1 nitrogen and oxygen atoms in total. The summed E-state index contributed by atoms with van der Waals surface area (Å²) in [5.74, 6) is 0. The summed E-state index contributed by atoms with van der Waals surface area (Å²) in [4.78, 5) is 0. The number of alkyl halides is 1. The molecular formula is C9H10I2O. The van der Waals surface area contributed by atoms with Gasteiger partial charge in [0, 0.05) is 8.00 Å². The summed E-state index contributed by atoms with van der Waals surface area (Å²) in [5.41, 5.74) is 1.25. The van der Waals surface area contributed by atoms with Gasteiger partial charge in [-0.05, 0) is 40.3 Å². The van der Waals surface area contributed by atoms with Crippen LogP contribution >= 0.6 is 45.2 Å². The third-order valence-electron chi connectivity index (χ3n) is 1.40. The normalized spacial score (nSPS) is 10.2. The Bertz CT molecular complexity index is 220. The van der Waals surface area contributed by atoms with Crippen LogP contribution in [0.1, 0.15) is 5.56 Å². The smallest absolute Gasteiger partial charge is 0.0717 e. The highest BCUT2D eigenvalue weighted by Crippen LogP contribution is 2.07. The molecule has 0 aliphatic carbocycles. The molecule has 1 aromatic carbocycles. The molecule has 0 aliphatic rings. The van der Waals surface area contributed by atoms with E-state index in [9.17, 15) is 0 Å². The van der Waals surface area contributed by atoms with Crippen molar-refractivity contribution in [1.82, 2.24) is 0 Å². The minimum Gasteiger partial charge on any atom is -0.376 e. The van der Waals surface area contributed by atoms with Gasteiger partial charge in [-0.15, -0.1) is 0 Å². The predicted molar refractivity (Wildman–Crippen MR) is 67.7 cm³/mol. The van der Waals surface area contributed by atoms with Crippen molar-refractivity contribution in [3.8, 4) is 0 Å². The molecule has 1 rings (SSSR count). The van der Waals surface area contributed by atoms with E-state index in [2.05, 4.69) is 69.4 Å². The Balaban J connectivity index is 2.37. The largest absolute Gasteiger partial charge is 0.376 e. The van der Waals surface area contributed by atoms with Crippen LogP contribution in [0.2, 0.25) is 0 Å². The van der Waals surface area contributed by atoms with Crippen molar-refractivity contribution in [3.05, 3.63) is 33.4 Å². The Labute approximate surface area is 100 Å². The van der Waals surface area contributed by atoms with E-state index in [1.807, 2.05) is 0 Å². The molecule has 0 aromatic heterocycles. The van der Waals surface area contributed by atoms with Crippen LogP contribution in [0.5, 0.6) is 0 Å². The number of ether oxygens (including phenoxy) is 1. The number of rotatable bonds is 4. The molecule has 0 heterocycles. The van der Waals surface area contributed by atoms with Crippen LogP contribution in [0.3, 0.4) is 0 Å². The van der Waals surface area contributed by atoms with Crippen molar-refractivity contribution in [1.29, 1.82) is 0 Å². The zero-order valence-corrected chi connectivity index (χ0v) is 10.9. The molecule has 66 valence electrons. The molecule has 0 saturated carbocycles. The summed E-state index contributed by atoms with van der Waals surface area (Å²) in [6, 6.07) is 8.41. The van der Waals surface area contributed by atoms with Gasteiger partial charge in [-0.25, -0.2) is 0 Å². The van der Waals surface area contributed by atoms with Crippen LogP contribution < -0.4 is 0 Å². The Kier molecular flexibility index (Phi) is 5.49. The zero-order valence-electron chi connectivity index (χ0n) is 6.59. The van der Waals surface area contributed by atoms with E-state index in [1.54, 1.807) is 0 Å². The van der Waals surface area contributed by atoms with Crippen LogP contribution in [0, 0.1) is 3.57 Å². The van der Waals surface area contributed by atoms with Gasteiger partial charge in [-0.1, -0.05) is 34.7 Å². The molecule has 0 aliphatic heterocycles. The number of benzene rings is 1. The van der Waals surface area contributed by atoms with Crippen molar-refractivity contribution >= 4 is 45.2 Å². The lowest BCUT2D eigenvalue weighted by Gasteiger charge is -2.01. The summed E-state index contributed by atoms with van der Waals surface area (Å²) in [6.45, 7) is 1.58. The average molecular weight is 388 g/mol. The molecule has 0 fully saturated rings. The fraction of sp³-hybridized carbons (Fsp3) is 0.333. The van der Waals surface area contributed by atoms with Gasteiger partial charge in [0.1, 0.15) is 0 Å². The zero-order chi connectivity index (χ0) is 8.81. The van der Waals surface area contributed by atoms with E-state index in [0.29, 0.717) is 0 Å². The minimum atomic E-state index is 0.736. The van der Waals surface area contributed by atoms with Gasteiger partial charge in [0.15, 0.2) is 0 Å². The molecular weight excluding hydrogens is 378 g/mol. The van der Waals surface area contributed by atoms with Crippen LogP contribution in [-0.4, -0.2) is 11.0 Å². The summed E-state index contributed by atoms with van der Waals surface area (Å²) in [7, 11) is 0. The van der Waals surface area contributed by atoms with E-state index in [1.165, 1.54) is 9.13 Å². The fourth-order valence-corrected chi connectivity index (χ4v) is 1.50. The molecule has 3 heteroatoms. The summed E-state index contributed by atoms with van der Waals surface area (Å²) < 4.78 is 7.73. The first-order valence-corrected chi connectivity index (χ1v) is 6.31. The van der Waals surface area contributed by atoms with Crippen molar-refractivity contribution in [3.63, 3.8) is 0 Å². The van der Waals surface area contributed by atoms with Gasteiger partial charge >= 0.3 is 0 Å². The average Bonchev–Trinajstić information content (AvgIpc) is 2.09. The topological polar surface area (TPSA) is 9.23 Å². The molecule has 12 heavy (non-hydrogen) atoms. The number of halogens is 2. The molecule has 0 spiro atoms. The Morgan fingerprint density at radius 1 is 1.17 bits per heavy atom. The van der Waals surface area contributed by atoms with E-state index in [0.717, 1.165) is 17.6 Å². The number of hydrogen-bond donors (Lipinski definition) is 0. The van der Waals surface area contributed by atoms with Crippen molar-refractivity contribution in [2.24, 2.45) is 0 Å². The van der Waals surface area contributed by atoms with Crippen molar-refractivity contribution in [2.75, 3.05) is 11.0 Å². The first kappa shape index (κ1) is 10.7. The minimum absolute atomic E-state index is 0.736. The van der Waals surface area contributed by atoms with E-state index < -0.39 is 0 Å². The van der Waals surface area contributed by atoms with Crippen LogP contribution in [0.4, 0.5) is 0 Å². The van der Waals surface area contributed by atoms with Crippen LogP contribution in [-0.2, 0) is 11.3 Å². The first-order chi connectivity index (χ1) is 5.83. The monoisotopic (exact) mass is 388 g/mol. The second kappa shape index (κ2) is 6.15. The lowest BCUT2D eigenvalue weighted by Crippen LogP contribution is -1.95. The van der Waals surface area contributed by atoms with Gasteiger partial charge in [0.25, 0.3) is 0 Å². The van der Waals surface area contributed by atoms with E-state index >= 15 is 0 Å². The number of hydrogen-bond acceptors (Lipinski definition) is 1. The third-order valence-corrected chi connectivity index (χ3v) is 2.56. The van der Waals surface area contributed by atoms with Gasteiger partial charge in [0.2, 0.25) is 0 Å². The Hall–Kier alpha value is 0.640. The maximum Gasteiger partial charge on any atom is 0.0717 e. The molecule has 1 aromatic rings. The lowest BCUT2D eigenvalue weighted by molar-refractivity contribution is 0.138. The highest BCUT2D eigenvalue weighted by molar-refractivity contribution is 14.1. The lowest BCUT2D eigenvalue weighted by atomic mass is 10.2. The molecule has 0 saturated heterocycles. The summed E-state index contributed by atoms with van der Waals surface area (Å²) in [5, 5.41) is 0. The molecule has 0 radical (unpaired) electrons. The predicted octanol–water partition coefficient (Wildman–Crippen LogP) is 3.24. The van der Waals surface area contributed by atoms with Gasteiger partial charge in [-0.3, -0.25) is 0 Å². The van der Waals surface area contributed by atoms with Crippen LogP contribution in [0.15, 0.2) is 24.3 Å². The quantitative estimate of drug-likeness (QED) is 0.438.